The van der Waals surface area contributed by atoms with E-state index in [2.05, 4.69) is 48.6 Å². The molecule has 0 amide bonds. The molecule has 4 rings (SSSR count). The van der Waals surface area contributed by atoms with Gasteiger partial charge in [-0.1, -0.05) is 36.4 Å². The van der Waals surface area contributed by atoms with Crippen molar-refractivity contribution >= 4 is 33.6 Å². The lowest BCUT2D eigenvalue weighted by Gasteiger charge is -2.08. The van der Waals surface area contributed by atoms with Gasteiger partial charge in [-0.25, -0.2) is 0 Å². The Balaban J connectivity index is 1.79. The molecule has 0 aliphatic carbocycles. The molecule has 0 aliphatic heterocycles. The molecule has 0 bridgehead atoms. The normalized spacial score (nSPS) is 11.1. The van der Waals surface area contributed by atoms with Crippen LogP contribution >= 0.6 is 11.3 Å². The Morgan fingerprint density at radius 2 is 1.48 bits per heavy atom. The van der Waals surface area contributed by atoms with Crippen molar-refractivity contribution in [2.24, 2.45) is 0 Å². The standard InChI is InChI=1S/C25H22O3S/c1-26-19-12-10-18(11-13-19)25-21(20-6-4-5-7-24(20)29-25)14-8-17-9-15-22(27-2)23(16-17)28-3/h4-16H,1-3H3/b14-8+. The summed E-state index contributed by atoms with van der Waals surface area (Å²) in [6, 6.07) is 22.7. The van der Waals surface area contributed by atoms with Crippen LogP contribution in [0.15, 0.2) is 66.7 Å². The third kappa shape index (κ3) is 3.84. The Kier molecular flexibility index (Phi) is 5.54. The average molecular weight is 403 g/mol. The van der Waals surface area contributed by atoms with Gasteiger partial charge in [0.25, 0.3) is 0 Å². The molecule has 0 radical (unpaired) electrons. The number of rotatable bonds is 6. The zero-order valence-electron chi connectivity index (χ0n) is 16.6. The molecule has 3 aromatic carbocycles. The summed E-state index contributed by atoms with van der Waals surface area (Å²) >= 11 is 1.80. The predicted molar refractivity (Wildman–Crippen MR) is 122 cm³/mol. The van der Waals surface area contributed by atoms with Gasteiger partial charge in [0.1, 0.15) is 5.75 Å². The molecule has 4 heteroatoms. The van der Waals surface area contributed by atoms with Crippen LogP contribution in [0.5, 0.6) is 17.2 Å². The minimum atomic E-state index is 0.722. The second-order valence-corrected chi connectivity index (χ2v) is 7.57. The third-order valence-corrected chi connectivity index (χ3v) is 6.07. The van der Waals surface area contributed by atoms with Gasteiger partial charge in [0, 0.05) is 20.5 Å². The summed E-state index contributed by atoms with van der Waals surface area (Å²) in [5, 5.41) is 1.25. The maximum Gasteiger partial charge on any atom is 0.161 e. The quantitative estimate of drug-likeness (QED) is 0.356. The fourth-order valence-electron chi connectivity index (χ4n) is 3.32. The first-order valence-electron chi connectivity index (χ1n) is 9.29. The maximum atomic E-state index is 5.43. The average Bonchev–Trinajstić information content (AvgIpc) is 3.16. The van der Waals surface area contributed by atoms with Crippen LogP contribution in [0.2, 0.25) is 0 Å². The van der Waals surface area contributed by atoms with E-state index in [9.17, 15) is 0 Å². The topological polar surface area (TPSA) is 27.7 Å². The van der Waals surface area contributed by atoms with Crippen molar-refractivity contribution in [3.05, 3.63) is 77.9 Å². The van der Waals surface area contributed by atoms with Crippen molar-refractivity contribution < 1.29 is 14.2 Å². The molecule has 0 atom stereocenters. The molecule has 0 aliphatic rings. The Hall–Kier alpha value is -3.24. The van der Waals surface area contributed by atoms with Crippen molar-refractivity contribution in [3.63, 3.8) is 0 Å². The summed E-state index contributed by atoms with van der Waals surface area (Å²) in [5.74, 6) is 2.31. The molecular formula is C25H22O3S. The smallest absolute Gasteiger partial charge is 0.161 e. The molecule has 146 valence electrons. The van der Waals surface area contributed by atoms with Crippen LogP contribution in [-0.4, -0.2) is 21.3 Å². The van der Waals surface area contributed by atoms with Gasteiger partial charge >= 0.3 is 0 Å². The number of fused-ring (bicyclic) bond motifs is 1. The third-order valence-electron chi connectivity index (χ3n) is 4.84. The molecule has 29 heavy (non-hydrogen) atoms. The highest BCUT2D eigenvalue weighted by molar-refractivity contribution is 7.22. The van der Waals surface area contributed by atoms with Crippen LogP contribution in [0, 0.1) is 0 Å². The molecule has 0 saturated heterocycles. The molecule has 4 aromatic rings. The van der Waals surface area contributed by atoms with Crippen LogP contribution in [-0.2, 0) is 0 Å². The molecule has 3 nitrogen and oxygen atoms in total. The monoisotopic (exact) mass is 402 g/mol. The summed E-state index contributed by atoms with van der Waals surface area (Å²) in [6.45, 7) is 0. The summed E-state index contributed by atoms with van der Waals surface area (Å²) in [6.07, 6.45) is 4.29. The first-order valence-corrected chi connectivity index (χ1v) is 10.1. The highest BCUT2D eigenvalue weighted by Gasteiger charge is 2.12. The van der Waals surface area contributed by atoms with E-state index in [1.165, 1.54) is 26.1 Å². The van der Waals surface area contributed by atoms with Gasteiger partial charge < -0.3 is 14.2 Å². The van der Waals surface area contributed by atoms with E-state index in [1.807, 2.05) is 30.3 Å². The maximum absolute atomic E-state index is 5.43. The van der Waals surface area contributed by atoms with E-state index in [4.69, 9.17) is 14.2 Å². The van der Waals surface area contributed by atoms with Gasteiger partial charge in [-0.15, -0.1) is 11.3 Å². The van der Waals surface area contributed by atoms with E-state index < -0.39 is 0 Å². The number of thiophene rings is 1. The fourth-order valence-corrected chi connectivity index (χ4v) is 4.52. The van der Waals surface area contributed by atoms with Crippen molar-refractivity contribution in [1.82, 2.24) is 0 Å². The predicted octanol–water partition coefficient (Wildman–Crippen LogP) is 6.76. The Morgan fingerprint density at radius 3 is 2.21 bits per heavy atom. The minimum Gasteiger partial charge on any atom is -0.497 e. The molecule has 1 aromatic heterocycles. The molecule has 0 saturated carbocycles. The second-order valence-electron chi connectivity index (χ2n) is 6.52. The van der Waals surface area contributed by atoms with E-state index in [0.29, 0.717) is 0 Å². The molecule has 0 fully saturated rings. The first-order chi connectivity index (χ1) is 14.2. The second kappa shape index (κ2) is 8.41. The summed E-state index contributed by atoms with van der Waals surface area (Å²) in [7, 11) is 4.98. The number of ether oxygens (including phenoxy) is 3. The highest BCUT2D eigenvalue weighted by Crippen LogP contribution is 2.40. The molecular weight excluding hydrogens is 380 g/mol. The Bertz CT molecular complexity index is 1160. The highest BCUT2D eigenvalue weighted by atomic mass is 32.1. The van der Waals surface area contributed by atoms with Crippen molar-refractivity contribution in [3.8, 4) is 27.7 Å². The van der Waals surface area contributed by atoms with E-state index in [-0.39, 0.29) is 0 Å². The van der Waals surface area contributed by atoms with E-state index in [1.54, 1.807) is 32.7 Å². The Morgan fingerprint density at radius 1 is 0.724 bits per heavy atom. The molecule has 0 spiro atoms. The van der Waals surface area contributed by atoms with E-state index >= 15 is 0 Å². The number of hydrogen-bond donors (Lipinski definition) is 0. The summed E-state index contributed by atoms with van der Waals surface area (Å²) < 4.78 is 17.3. The lowest BCUT2D eigenvalue weighted by molar-refractivity contribution is 0.355. The summed E-state index contributed by atoms with van der Waals surface area (Å²) in [4.78, 5) is 1.24. The van der Waals surface area contributed by atoms with Crippen LogP contribution in [0.1, 0.15) is 11.1 Å². The Labute approximate surface area is 174 Å². The largest absolute Gasteiger partial charge is 0.497 e. The summed E-state index contributed by atoms with van der Waals surface area (Å²) in [5.41, 5.74) is 3.45. The zero-order chi connectivity index (χ0) is 20.2. The lowest BCUT2D eigenvalue weighted by atomic mass is 10.0. The van der Waals surface area contributed by atoms with Gasteiger partial charge in [-0.05, 0) is 53.6 Å². The molecule has 1 heterocycles. The van der Waals surface area contributed by atoms with Crippen LogP contribution < -0.4 is 14.2 Å². The molecule has 0 unspecified atom stereocenters. The first kappa shape index (κ1) is 19.1. The number of benzene rings is 3. The van der Waals surface area contributed by atoms with Crippen LogP contribution in [0.4, 0.5) is 0 Å². The van der Waals surface area contributed by atoms with Gasteiger partial charge in [0.15, 0.2) is 11.5 Å². The molecule has 0 N–H and O–H groups in total. The lowest BCUT2D eigenvalue weighted by Crippen LogP contribution is -1.90. The van der Waals surface area contributed by atoms with E-state index in [0.717, 1.165) is 22.8 Å². The van der Waals surface area contributed by atoms with Crippen molar-refractivity contribution in [2.75, 3.05) is 21.3 Å². The minimum absolute atomic E-state index is 0.722. The SMILES string of the molecule is COc1ccc(-c2sc3ccccc3c2/C=C/c2ccc(OC)c(OC)c2)cc1. The number of hydrogen-bond acceptors (Lipinski definition) is 4. The fraction of sp³-hybridized carbons (Fsp3) is 0.120. The zero-order valence-corrected chi connectivity index (χ0v) is 17.5. The van der Waals surface area contributed by atoms with Crippen LogP contribution in [0.3, 0.4) is 0 Å². The number of methoxy groups -OCH3 is 3. The van der Waals surface area contributed by atoms with Gasteiger partial charge in [0.2, 0.25) is 0 Å². The van der Waals surface area contributed by atoms with Crippen LogP contribution in [0.25, 0.3) is 32.7 Å². The van der Waals surface area contributed by atoms with Gasteiger partial charge in [0.05, 0.1) is 21.3 Å². The van der Waals surface area contributed by atoms with Gasteiger partial charge in [-0.3, -0.25) is 0 Å². The van der Waals surface area contributed by atoms with Crippen molar-refractivity contribution in [1.29, 1.82) is 0 Å². The van der Waals surface area contributed by atoms with Gasteiger partial charge in [-0.2, -0.15) is 0 Å². The van der Waals surface area contributed by atoms with Crippen molar-refractivity contribution in [2.45, 2.75) is 0 Å².